The number of primary amides is 1. The van der Waals surface area contributed by atoms with Crippen molar-refractivity contribution in [3.05, 3.63) is 47.4 Å². The molecule has 1 aromatic heterocycles. The second-order valence-corrected chi connectivity index (χ2v) is 7.12. The summed E-state index contributed by atoms with van der Waals surface area (Å²) >= 11 is 3.15. The molecule has 2 N–H and O–H groups in total. The lowest BCUT2D eigenvalue weighted by atomic mass is 9.82. The van der Waals surface area contributed by atoms with Crippen LogP contribution in [-0.2, 0) is 15.9 Å². The van der Waals surface area contributed by atoms with Crippen LogP contribution in [0.15, 0.2) is 30.3 Å². The molecule has 0 saturated heterocycles. The van der Waals surface area contributed by atoms with Crippen LogP contribution in [-0.4, -0.2) is 22.8 Å². The number of hydrogen-bond acceptors (Lipinski definition) is 3. The molecular weight excluding hydrogens is 394 g/mol. The maximum atomic E-state index is 14.9. The molecule has 3 rings (SSSR count). The molecule has 0 fully saturated rings. The van der Waals surface area contributed by atoms with Crippen LogP contribution in [0.4, 0.5) is 8.78 Å². The average Bonchev–Trinajstić information content (AvgIpc) is 2.93. The Morgan fingerprint density at radius 3 is 2.64 bits per heavy atom. The Morgan fingerprint density at radius 2 is 2.08 bits per heavy atom. The summed E-state index contributed by atoms with van der Waals surface area (Å²) in [6.45, 7) is 3.10. The van der Waals surface area contributed by atoms with Gasteiger partial charge in [0.25, 0.3) is 0 Å². The third kappa shape index (κ3) is 2.90. The lowest BCUT2D eigenvalue weighted by molar-refractivity contribution is -0.123. The largest absolute Gasteiger partial charge is 0.489 e. The molecule has 0 aliphatic carbocycles. The van der Waals surface area contributed by atoms with Crippen LogP contribution in [0.3, 0.4) is 0 Å². The molecule has 0 unspecified atom stereocenters. The third-order valence-corrected chi connectivity index (χ3v) is 5.57. The molecule has 2 atom stereocenters. The van der Waals surface area contributed by atoms with Crippen molar-refractivity contribution in [1.29, 1.82) is 0 Å². The Hall–Kier alpha value is -2.02. The minimum absolute atomic E-state index is 0.0305. The number of hydrogen-bond donors (Lipinski definition) is 1. The van der Waals surface area contributed by atoms with E-state index in [1.54, 1.807) is 6.92 Å². The lowest BCUT2D eigenvalue weighted by Gasteiger charge is -2.22. The minimum Gasteiger partial charge on any atom is -0.489 e. The molecule has 25 heavy (non-hydrogen) atoms. The molecular formula is C18H17BrF2N2O2. The van der Waals surface area contributed by atoms with Crippen molar-refractivity contribution in [2.45, 2.75) is 24.9 Å². The molecule has 0 bridgehead atoms. The molecule has 0 radical (unpaired) electrons. The molecule has 1 aliphatic rings. The number of aromatic nitrogens is 1. The fourth-order valence-electron chi connectivity index (χ4n) is 2.73. The fraction of sp³-hybridized carbons (Fsp3) is 0.333. The van der Waals surface area contributed by atoms with E-state index in [2.05, 4.69) is 20.9 Å². The quantitative estimate of drug-likeness (QED) is 0.782. The van der Waals surface area contributed by atoms with Crippen molar-refractivity contribution in [2.24, 2.45) is 5.73 Å². The fourth-order valence-corrected chi connectivity index (χ4v) is 3.01. The van der Waals surface area contributed by atoms with Crippen LogP contribution in [0.5, 0.6) is 5.75 Å². The smallest absolute Gasteiger partial charge is 0.231 e. The molecule has 132 valence electrons. The first-order valence-electron chi connectivity index (χ1n) is 7.68. The number of amides is 1. The highest BCUT2D eigenvalue weighted by Crippen LogP contribution is 2.46. The molecule has 0 spiro atoms. The summed E-state index contributed by atoms with van der Waals surface area (Å²) in [5, 5.41) is 0.0305. The summed E-state index contributed by atoms with van der Waals surface area (Å²) in [4.78, 5) is 16.4. The number of alkyl halides is 2. The van der Waals surface area contributed by atoms with Crippen LogP contribution < -0.4 is 10.5 Å². The molecule has 2 heterocycles. The molecule has 1 aliphatic heterocycles. The van der Waals surface area contributed by atoms with Gasteiger partial charge in [-0.1, -0.05) is 15.9 Å². The van der Waals surface area contributed by atoms with Crippen molar-refractivity contribution >= 4 is 21.8 Å². The van der Waals surface area contributed by atoms with E-state index in [4.69, 9.17) is 10.5 Å². The van der Waals surface area contributed by atoms with Crippen LogP contribution in [0.2, 0.25) is 0 Å². The Kier molecular flexibility index (Phi) is 4.31. The number of nitrogens with zero attached hydrogens (tertiary/aromatic N) is 1. The molecule has 7 heteroatoms. The first-order chi connectivity index (χ1) is 11.7. The summed E-state index contributed by atoms with van der Waals surface area (Å²) in [7, 11) is 0. The third-order valence-electron chi connectivity index (χ3n) is 4.52. The van der Waals surface area contributed by atoms with Crippen LogP contribution in [0, 0.1) is 5.82 Å². The number of nitrogens with two attached hydrogens (primary N) is 1. The van der Waals surface area contributed by atoms with Crippen molar-refractivity contribution in [3.8, 4) is 17.0 Å². The van der Waals surface area contributed by atoms with E-state index in [1.807, 2.05) is 0 Å². The standard InChI is InChI=1S/C18H17BrF2N2O2/c1-17(16(22)24)9-25-15-12(17)7-13(18(2,21)8-19)23-14(15)10-3-5-11(20)6-4-10/h3-7H,8-9H2,1-2H3,(H2,22,24)/t17-,18-/m0/s1. The van der Waals surface area contributed by atoms with Crippen LogP contribution in [0.1, 0.15) is 25.1 Å². The van der Waals surface area contributed by atoms with Gasteiger partial charge in [0.1, 0.15) is 29.3 Å². The van der Waals surface area contributed by atoms with Crippen molar-refractivity contribution < 1.29 is 18.3 Å². The monoisotopic (exact) mass is 410 g/mol. The van der Waals surface area contributed by atoms with Gasteiger partial charge in [-0.25, -0.2) is 13.8 Å². The number of fused-ring (bicyclic) bond motifs is 1. The van der Waals surface area contributed by atoms with Gasteiger partial charge in [-0.05, 0) is 44.2 Å². The predicted molar refractivity (Wildman–Crippen MR) is 93.9 cm³/mol. The maximum Gasteiger partial charge on any atom is 0.231 e. The van der Waals surface area contributed by atoms with E-state index in [-0.39, 0.29) is 17.6 Å². The van der Waals surface area contributed by atoms with Gasteiger partial charge >= 0.3 is 0 Å². The molecule has 1 amide bonds. The maximum absolute atomic E-state index is 14.9. The highest BCUT2D eigenvalue weighted by molar-refractivity contribution is 9.09. The number of pyridine rings is 1. The lowest BCUT2D eigenvalue weighted by Crippen LogP contribution is -2.40. The number of halogens is 3. The predicted octanol–water partition coefficient (Wildman–Crippen LogP) is 3.60. The highest BCUT2D eigenvalue weighted by atomic mass is 79.9. The molecule has 2 aromatic rings. The first-order valence-corrected chi connectivity index (χ1v) is 8.81. The van der Waals surface area contributed by atoms with Gasteiger partial charge < -0.3 is 10.5 Å². The zero-order valence-electron chi connectivity index (χ0n) is 13.8. The summed E-state index contributed by atoms with van der Waals surface area (Å²) < 4.78 is 33.9. The minimum atomic E-state index is -1.76. The zero-order chi connectivity index (χ0) is 18.4. The topological polar surface area (TPSA) is 65.2 Å². The first kappa shape index (κ1) is 17.8. The number of carbonyl (C=O) groups is 1. The number of ether oxygens (including phenoxy) is 1. The molecule has 1 aromatic carbocycles. The van der Waals surface area contributed by atoms with E-state index in [9.17, 15) is 13.6 Å². The van der Waals surface area contributed by atoms with E-state index in [1.165, 1.54) is 37.3 Å². The SMILES string of the molecule is C[C@](F)(CBr)c1cc2c(c(-c3ccc(F)cc3)n1)OC[C@]2(C)C(N)=O. The van der Waals surface area contributed by atoms with E-state index < -0.39 is 22.8 Å². The van der Waals surface area contributed by atoms with Gasteiger partial charge in [0.05, 0.1) is 5.69 Å². The number of benzene rings is 1. The zero-order valence-corrected chi connectivity index (χ0v) is 15.4. The van der Waals surface area contributed by atoms with Gasteiger partial charge in [-0.15, -0.1) is 0 Å². The van der Waals surface area contributed by atoms with Crippen LogP contribution >= 0.6 is 15.9 Å². The van der Waals surface area contributed by atoms with E-state index in [0.717, 1.165) is 0 Å². The summed E-state index contributed by atoms with van der Waals surface area (Å²) in [5.41, 5.74) is 4.30. The summed E-state index contributed by atoms with van der Waals surface area (Å²) in [6.07, 6.45) is 0. The van der Waals surface area contributed by atoms with Gasteiger partial charge in [0, 0.05) is 16.5 Å². The summed E-state index contributed by atoms with van der Waals surface area (Å²) in [6, 6.07) is 7.18. The number of rotatable bonds is 4. The Labute approximate surface area is 152 Å². The van der Waals surface area contributed by atoms with Gasteiger partial charge in [0.15, 0.2) is 5.67 Å². The van der Waals surface area contributed by atoms with Gasteiger partial charge in [0.2, 0.25) is 5.91 Å². The van der Waals surface area contributed by atoms with Crippen molar-refractivity contribution in [3.63, 3.8) is 0 Å². The highest BCUT2D eigenvalue weighted by Gasteiger charge is 2.45. The van der Waals surface area contributed by atoms with Crippen molar-refractivity contribution in [2.75, 3.05) is 11.9 Å². The molecule has 4 nitrogen and oxygen atoms in total. The number of carbonyl (C=O) groups excluding carboxylic acids is 1. The Morgan fingerprint density at radius 1 is 1.44 bits per heavy atom. The summed E-state index contributed by atoms with van der Waals surface area (Å²) in [5.74, 6) is -0.579. The Bertz CT molecular complexity index is 840. The van der Waals surface area contributed by atoms with E-state index >= 15 is 0 Å². The van der Waals surface area contributed by atoms with E-state index in [0.29, 0.717) is 22.6 Å². The van der Waals surface area contributed by atoms with Crippen molar-refractivity contribution in [1.82, 2.24) is 4.98 Å². The second-order valence-electron chi connectivity index (χ2n) is 6.56. The van der Waals surface area contributed by atoms with Gasteiger partial charge in [-0.3, -0.25) is 4.79 Å². The van der Waals surface area contributed by atoms with Crippen LogP contribution in [0.25, 0.3) is 11.3 Å². The second kappa shape index (κ2) is 6.05. The van der Waals surface area contributed by atoms with Gasteiger partial charge in [-0.2, -0.15) is 0 Å². The average molecular weight is 411 g/mol. The molecule has 0 saturated carbocycles. The Balaban J connectivity index is 2.29. The normalized spacial score (nSPS) is 21.3.